The van der Waals surface area contributed by atoms with Crippen LogP contribution in [0, 0.1) is 0 Å². The van der Waals surface area contributed by atoms with Crippen LogP contribution in [0.25, 0.3) is 10.9 Å². The first kappa shape index (κ1) is 23.8. The molecule has 5 nitrogen and oxygen atoms in total. The Bertz CT molecular complexity index is 1100. The van der Waals surface area contributed by atoms with Crippen molar-refractivity contribution in [1.82, 2.24) is 9.88 Å². The molecule has 0 unspecified atom stereocenters. The van der Waals surface area contributed by atoms with Crippen molar-refractivity contribution in [3.63, 3.8) is 0 Å². The Morgan fingerprint density at radius 3 is 2.38 bits per heavy atom. The van der Waals surface area contributed by atoms with Crippen molar-refractivity contribution < 1.29 is 22.7 Å². The lowest BCUT2D eigenvalue weighted by atomic mass is 10.1. The number of anilines is 1. The van der Waals surface area contributed by atoms with E-state index in [4.69, 9.17) is 16.3 Å². The fraction of sp³-hybridized carbons (Fsp3) is 0.304. The number of hydrogen-bond donors (Lipinski definition) is 0. The van der Waals surface area contributed by atoms with E-state index in [1.807, 2.05) is 31.1 Å². The van der Waals surface area contributed by atoms with E-state index in [1.165, 1.54) is 24.1 Å². The predicted molar refractivity (Wildman–Crippen MR) is 119 cm³/mol. The molecule has 1 heterocycles. The van der Waals surface area contributed by atoms with Crippen LogP contribution in [0.5, 0.6) is 0 Å². The number of carbonyl (C=O) groups is 1. The Labute approximate surface area is 189 Å². The number of nitrogens with zero attached hydrogens (tertiary/aromatic N) is 3. The highest BCUT2D eigenvalue weighted by atomic mass is 35.5. The Hall–Kier alpha value is -2.84. The van der Waals surface area contributed by atoms with Gasteiger partial charge in [0.05, 0.1) is 17.7 Å². The highest BCUT2D eigenvalue weighted by Crippen LogP contribution is 2.30. The zero-order valence-electron chi connectivity index (χ0n) is 17.9. The fourth-order valence-corrected chi connectivity index (χ4v) is 3.49. The molecule has 0 saturated heterocycles. The average Bonchev–Trinajstić information content (AvgIpc) is 2.75. The van der Waals surface area contributed by atoms with Gasteiger partial charge in [0, 0.05) is 55.8 Å². The Morgan fingerprint density at radius 1 is 1.09 bits per heavy atom. The number of amides is 1. The van der Waals surface area contributed by atoms with E-state index in [-0.39, 0.29) is 25.3 Å². The van der Waals surface area contributed by atoms with Crippen molar-refractivity contribution in [2.45, 2.75) is 12.7 Å². The zero-order chi connectivity index (χ0) is 23.5. The molecule has 0 radical (unpaired) electrons. The van der Waals surface area contributed by atoms with Crippen molar-refractivity contribution >= 4 is 34.2 Å². The Kier molecular flexibility index (Phi) is 7.26. The summed E-state index contributed by atoms with van der Waals surface area (Å²) in [6.07, 6.45) is -4.46. The first-order valence-corrected chi connectivity index (χ1v) is 10.2. The molecule has 0 atom stereocenters. The quantitative estimate of drug-likeness (QED) is 0.477. The largest absolute Gasteiger partial charge is 0.416 e. The molecule has 170 valence electrons. The van der Waals surface area contributed by atoms with Gasteiger partial charge in [-0.15, -0.1) is 0 Å². The van der Waals surface area contributed by atoms with Gasteiger partial charge in [0.2, 0.25) is 0 Å². The summed E-state index contributed by atoms with van der Waals surface area (Å²) in [4.78, 5) is 21.2. The summed E-state index contributed by atoms with van der Waals surface area (Å²) in [5.74, 6) is 0.277. The average molecular weight is 466 g/mol. The van der Waals surface area contributed by atoms with Crippen molar-refractivity contribution in [1.29, 1.82) is 0 Å². The van der Waals surface area contributed by atoms with Gasteiger partial charge >= 0.3 is 6.18 Å². The third kappa shape index (κ3) is 5.49. The molecular formula is C23H23ClF3N3O2. The van der Waals surface area contributed by atoms with Gasteiger partial charge in [-0.3, -0.25) is 4.79 Å². The Balaban J connectivity index is 1.96. The number of hydrogen-bond acceptors (Lipinski definition) is 4. The number of ether oxygens (including phenoxy) is 1. The lowest BCUT2D eigenvalue weighted by molar-refractivity contribution is -0.137. The van der Waals surface area contributed by atoms with Crippen LogP contribution in [0.4, 0.5) is 19.0 Å². The zero-order valence-corrected chi connectivity index (χ0v) is 18.7. The number of alkyl halides is 3. The van der Waals surface area contributed by atoms with Gasteiger partial charge in [-0.05, 0) is 42.5 Å². The number of aromatic nitrogens is 1. The molecule has 0 aliphatic carbocycles. The molecule has 0 aliphatic rings. The highest BCUT2D eigenvalue weighted by Gasteiger charge is 2.30. The molecular weight excluding hydrogens is 443 g/mol. The summed E-state index contributed by atoms with van der Waals surface area (Å²) in [5.41, 5.74) is 0.884. The molecule has 2 aromatic carbocycles. The van der Waals surface area contributed by atoms with Crippen LogP contribution in [-0.2, 0) is 17.5 Å². The van der Waals surface area contributed by atoms with E-state index in [2.05, 4.69) is 4.98 Å². The Morgan fingerprint density at radius 2 is 1.78 bits per heavy atom. The second kappa shape index (κ2) is 9.75. The molecule has 0 bridgehead atoms. The second-order valence-electron chi connectivity index (χ2n) is 7.50. The van der Waals surface area contributed by atoms with Gasteiger partial charge in [-0.1, -0.05) is 17.7 Å². The van der Waals surface area contributed by atoms with Gasteiger partial charge in [0.25, 0.3) is 5.91 Å². The van der Waals surface area contributed by atoms with Gasteiger partial charge in [0.15, 0.2) is 0 Å². The molecule has 32 heavy (non-hydrogen) atoms. The monoisotopic (exact) mass is 465 g/mol. The molecule has 0 N–H and O–H groups in total. The van der Waals surface area contributed by atoms with Crippen LogP contribution >= 0.6 is 11.6 Å². The third-order valence-electron chi connectivity index (χ3n) is 4.93. The van der Waals surface area contributed by atoms with Crippen molar-refractivity contribution in [2.24, 2.45) is 0 Å². The molecule has 1 amide bonds. The minimum atomic E-state index is -4.46. The summed E-state index contributed by atoms with van der Waals surface area (Å²) < 4.78 is 43.8. The summed E-state index contributed by atoms with van der Waals surface area (Å²) >= 11 is 6.09. The first-order valence-electron chi connectivity index (χ1n) is 9.82. The number of fused-ring (bicyclic) bond motifs is 1. The normalized spacial score (nSPS) is 11.6. The van der Waals surface area contributed by atoms with Crippen molar-refractivity contribution in [3.8, 4) is 0 Å². The molecule has 3 rings (SSSR count). The predicted octanol–water partition coefficient (Wildman–Crippen LogP) is 5.26. The minimum Gasteiger partial charge on any atom is -0.383 e. The molecule has 1 aromatic heterocycles. The molecule has 3 aromatic rings. The van der Waals surface area contributed by atoms with E-state index < -0.39 is 17.6 Å². The minimum absolute atomic E-state index is 0.168. The topological polar surface area (TPSA) is 45.7 Å². The van der Waals surface area contributed by atoms with Gasteiger partial charge in [0.1, 0.15) is 5.82 Å². The summed E-state index contributed by atoms with van der Waals surface area (Å²) in [6, 6.07) is 11.5. The fourth-order valence-electron chi connectivity index (χ4n) is 3.32. The van der Waals surface area contributed by atoms with Crippen LogP contribution < -0.4 is 4.90 Å². The van der Waals surface area contributed by atoms with Gasteiger partial charge < -0.3 is 14.5 Å². The highest BCUT2D eigenvalue weighted by molar-refractivity contribution is 6.31. The number of pyridine rings is 1. The number of rotatable bonds is 7. The number of carbonyl (C=O) groups excluding carboxylic acids is 1. The smallest absolute Gasteiger partial charge is 0.383 e. The third-order valence-corrected chi connectivity index (χ3v) is 5.17. The van der Waals surface area contributed by atoms with E-state index in [0.717, 1.165) is 28.6 Å². The standard InChI is InChI=1S/C23H23ClF3N3O2/c1-29(2)21-17(12-16-6-9-19(24)13-20(16)28-21)14-30(10-11-32-3)22(31)15-4-7-18(8-5-15)23(25,26)27/h4-9,12-13H,10-11,14H2,1-3H3. The molecule has 0 spiro atoms. The van der Waals surface area contributed by atoms with E-state index in [1.54, 1.807) is 12.1 Å². The van der Waals surface area contributed by atoms with Crippen LogP contribution in [0.2, 0.25) is 5.02 Å². The van der Waals surface area contributed by atoms with E-state index >= 15 is 0 Å². The number of benzene rings is 2. The van der Waals surface area contributed by atoms with Crippen molar-refractivity contribution in [2.75, 3.05) is 39.3 Å². The van der Waals surface area contributed by atoms with Gasteiger partial charge in [-0.2, -0.15) is 13.2 Å². The molecule has 0 fully saturated rings. The lowest BCUT2D eigenvalue weighted by Crippen LogP contribution is -2.34. The second-order valence-corrected chi connectivity index (χ2v) is 7.93. The lowest BCUT2D eigenvalue weighted by Gasteiger charge is -2.25. The first-order chi connectivity index (χ1) is 15.1. The van der Waals surface area contributed by atoms with Gasteiger partial charge in [-0.25, -0.2) is 4.98 Å². The molecule has 0 aliphatic heterocycles. The maximum Gasteiger partial charge on any atom is 0.416 e. The van der Waals surface area contributed by atoms with Crippen LogP contribution in [0.3, 0.4) is 0 Å². The van der Waals surface area contributed by atoms with E-state index in [0.29, 0.717) is 10.8 Å². The number of methoxy groups -OCH3 is 1. The maximum absolute atomic E-state index is 13.1. The van der Waals surface area contributed by atoms with Crippen LogP contribution in [0.1, 0.15) is 21.5 Å². The maximum atomic E-state index is 13.1. The summed E-state index contributed by atoms with van der Waals surface area (Å²) in [5, 5.41) is 1.44. The van der Waals surface area contributed by atoms with E-state index in [9.17, 15) is 18.0 Å². The SMILES string of the molecule is COCCN(Cc1cc2ccc(Cl)cc2nc1N(C)C)C(=O)c1ccc(C(F)(F)F)cc1. The van der Waals surface area contributed by atoms with Crippen LogP contribution in [0.15, 0.2) is 48.5 Å². The summed E-state index contributed by atoms with van der Waals surface area (Å²) in [7, 11) is 5.21. The summed E-state index contributed by atoms with van der Waals surface area (Å²) in [6.45, 7) is 0.754. The molecule has 0 saturated carbocycles. The van der Waals surface area contributed by atoms with Crippen LogP contribution in [-0.4, -0.2) is 50.1 Å². The molecule has 9 heteroatoms. The van der Waals surface area contributed by atoms with Crippen molar-refractivity contribution in [3.05, 3.63) is 70.2 Å². The number of halogens is 4.